The maximum atomic E-state index is 13.6. The molecular weight excluding hydrogens is 586 g/mol. The Morgan fingerprint density at radius 1 is 0.848 bits per heavy atom. The highest BCUT2D eigenvalue weighted by atomic mass is 16.6. The minimum Gasteiger partial charge on any atom is -0.444 e. The van der Waals surface area contributed by atoms with Gasteiger partial charge in [0, 0.05) is 48.4 Å². The van der Waals surface area contributed by atoms with Crippen LogP contribution in [0.2, 0.25) is 0 Å². The van der Waals surface area contributed by atoms with Crippen LogP contribution in [0.1, 0.15) is 96.1 Å². The summed E-state index contributed by atoms with van der Waals surface area (Å²) in [7, 11) is 0. The summed E-state index contributed by atoms with van der Waals surface area (Å²) in [5, 5.41) is 8.34. The second-order valence-corrected chi connectivity index (χ2v) is 13.1. The molecule has 0 aromatic heterocycles. The highest BCUT2D eigenvalue weighted by Gasteiger charge is 2.25. The third-order valence-corrected chi connectivity index (χ3v) is 6.52. The van der Waals surface area contributed by atoms with Gasteiger partial charge in [0.05, 0.1) is 5.69 Å². The summed E-state index contributed by atoms with van der Waals surface area (Å²) in [5.41, 5.74) is 1.68. The van der Waals surface area contributed by atoms with Gasteiger partial charge in [-0.3, -0.25) is 14.9 Å². The Morgan fingerprint density at radius 3 is 2.11 bits per heavy atom. The van der Waals surface area contributed by atoms with Crippen LogP contribution in [0.15, 0.2) is 53.0 Å². The first-order valence-electron chi connectivity index (χ1n) is 15.7. The highest BCUT2D eigenvalue weighted by Crippen LogP contribution is 2.30. The van der Waals surface area contributed by atoms with Gasteiger partial charge in [0.2, 0.25) is 5.91 Å². The number of nitrogens with one attached hydrogen (secondary N) is 3. The number of nitrogens with zero attached hydrogens (tertiary/aromatic N) is 2. The van der Waals surface area contributed by atoms with Crippen LogP contribution in [0, 0.1) is 0 Å². The molecule has 11 heteroatoms. The van der Waals surface area contributed by atoms with Gasteiger partial charge in [-0.2, -0.15) is 0 Å². The molecule has 1 aliphatic heterocycles. The molecule has 1 aliphatic rings. The topological polar surface area (TPSA) is 138 Å². The van der Waals surface area contributed by atoms with E-state index < -0.39 is 29.3 Å². The van der Waals surface area contributed by atoms with Crippen LogP contribution >= 0.6 is 0 Å². The number of ether oxygens (including phenoxy) is 2. The molecule has 0 atom stereocenters. The zero-order valence-corrected chi connectivity index (χ0v) is 28.2. The minimum absolute atomic E-state index is 0.0796. The van der Waals surface area contributed by atoms with Gasteiger partial charge in [-0.25, -0.2) is 14.6 Å². The van der Waals surface area contributed by atoms with Gasteiger partial charge in [0.15, 0.2) is 0 Å². The van der Waals surface area contributed by atoms with E-state index in [2.05, 4.69) is 20.9 Å². The van der Waals surface area contributed by atoms with Crippen molar-refractivity contribution in [1.82, 2.24) is 15.5 Å². The number of amidine groups is 1. The van der Waals surface area contributed by atoms with Crippen LogP contribution < -0.4 is 16.0 Å². The first-order chi connectivity index (χ1) is 21.6. The summed E-state index contributed by atoms with van der Waals surface area (Å²) in [6.07, 6.45) is 2.22. The molecular formula is C35H47N5O6. The van der Waals surface area contributed by atoms with Crippen LogP contribution in [-0.4, -0.2) is 59.0 Å². The largest absolute Gasteiger partial charge is 0.444 e. The van der Waals surface area contributed by atoms with Gasteiger partial charge in [-0.05, 0) is 84.2 Å². The fraction of sp³-hybridized carbons (Fsp3) is 0.457. The number of para-hydroxylation sites is 1. The Balaban J connectivity index is 1.92. The molecule has 248 valence electrons. The van der Waals surface area contributed by atoms with Gasteiger partial charge in [0.1, 0.15) is 17.0 Å². The lowest BCUT2D eigenvalue weighted by Crippen LogP contribution is -2.38. The number of hydrogen-bond acceptors (Lipinski definition) is 7. The van der Waals surface area contributed by atoms with Gasteiger partial charge < -0.3 is 25.0 Å². The van der Waals surface area contributed by atoms with E-state index in [1.54, 1.807) is 88.9 Å². The molecule has 0 fully saturated rings. The molecule has 0 aliphatic carbocycles. The van der Waals surface area contributed by atoms with Crippen molar-refractivity contribution in [3.63, 3.8) is 0 Å². The smallest absolute Gasteiger partial charge is 0.413 e. The molecule has 46 heavy (non-hydrogen) atoms. The summed E-state index contributed by atoms with van der Waals surface area (Å²) in [6.45, 7) is 16.0. The monoisotopic (exact) mass is 633 g/mol. The van der Waals surface area contributed by atoms with Gasteiger partial charge >= 0.3 is 12.2 Å². The maximum absolute atomic E-state index is 13.6. The lowest BCUT2D eigenvalue weighted by atomic mass is 10.0. The number of amides is 4. The van der Waals surface area contributed by atoms with E-state index in [9.17, 15) is 19.2 Å². The minimum atomic E-state index is -0.731. The van der Waals surface area contributed by atoms with Crippen LogP contribution in [-0.2, 0) is 20.8 Å². The van der Waals surface area contributed by atoms with E-state index in [4.69, 9.17) is 9.47 Å². The molecule has 0 bridgehead atoms. The van der Waals surface area contributed by atoms with E-state index >= 15 is 0 Å². The normalized spacial score (nSPS) is 12.9. The van der Waals surface area contributed by atoms with Crippen LogP contribution in [0.25, 0.3) is 6.08 Å². The first-order valence-corrected chi connectivity index (χ1v) is 15.7. The Hall–Kier alpha value is -4.67. The number of carbonyl (C=O) groups excluding carboxylic acids is 4. The summed E-state index contributed by atoms with van der Waals surface area (Å²) < 4.78 is 10.8. The maximum Gasteiger partial charge on any atom is 0.413 e. The zero-order valence-electron chi connectivity index (χ0n) is 28.2. The Morgan fingerprint density at radius 2 is 1.48 bits per heavy atom. The fourth-order valence-corrected chi connectivity index (χ4v) is 4.67. The van der Waals surface area contributed by atoms with E-state index in [0.29, 0.717) is 46.7 Å². The molecule has 11 nitrogen and oxygen atoms in total. The predicted molar refractivity (Wildman–Crippen MR) is 180 cm³/mol. The number of anilines is 1. The second-order valence-electron chi connectivity index (χ2n) is 13.1. The predicted octanol–water partition coefficient (Wildman–Crippen LogP) is 6.95. The standard InChI is InChI=1S/C35H47N5O6/c1-9-17-40(18-10-2)31(42)26-19-23-15-16-24(20-28(23)37-29(21-26)39-33(44)46-35(6,7)8)30(41)38-27-14-12-11-13-25(27)22-36-32(43)45-34(3,4)5/h11-16,19-20H,9-10,17-18,21-22H2,1-8H3,(H,36,43)(H,38,41)(H,37,39,44). The Bertz CT molecular complexity index is 1490. The zero-order chi connectivity index (χ0) is 34.1. The quantitative estimate of drug-likeness (QED) is 0.273. The number of carbonyl (C=O) groups is 4. The van der Waals surface area contributed by atoms with Gasteiger partial charge in [-0.1, -0.05) is 38.1 Å². The average Bonchev–Trinajstić information content (AvgIpc) is 3.12. The number of benzene rings is 2. The SMILES string of the molecule is CCCN(CCC)C(=O)C1=Cc2ccc(C(=O)Nc3ccccc3CNC(=O)OC(C)(C)C)cc2N=C(NC(=O)OC(C)(C)C)C1. The Labute approximate surface area is 271 Å². The highest BCUT2D eigenvalue weighted by molar-refractivity contribution is 6.10. The van der Waals surface area contributed by atoms with E-state index in [-0.39, 0.29) is 24.7 Å². The van der Waals surface area contributed by atoms with Crippen molar-refractivity contribution in [1.29, 1.82) is 0 Å². The lowest BCUT2D eigenvalue weighted by molar-refractivity contribution is -0.127. The van der Waals surface area contributed by atoms with Crippen molar-refractivity contribution in [2.75, 3.05) is 18.4 Å². The Kier molecular flexibility index (Phi) is 12.1. The first kappa shape index (κ1) is 35.8. The van der Waals surface area contributed by atoms with Crippen LogP contribution in [0.4, 0.5) is 21.0 Å². The van der Waals surface area contributed by atoms with Crippen molar-refractivity contribution >= 4 is 47.3 Å². The van der Waals surface area contributed by atoms with Crippen molar-refractivity contribution < 1.29 is 28.7 Å². The summed E-state index contributed by atoms with van der Waals surface area (Å²) >= 11 is 0. The third kappa shape index (κ3) is 11.0. The van der Waals surface area contributed by atoms with E-state index in [1.807, 2.05) is 19.9 Å². The molecule has 0 radical (unpaired) electrons. The number of fused-ring (bicyclic) bond motifs is 1. The summed E-state index contributed by atoms with van der Waals surface area (Å²) in [5.74, 6) is -0.295. The molecule has 2 aromatic carbocycles. The van der Waals surface area contributed by atoms with E-state index in [1.165, 1.54) is 0 Å². The van der Waals surface area contributed by atoms with Gasteiger partial charge in [0.25, 0.3) is 5.91 Å². The molecule has 3 rings (SSSR count). The number of hydrogen-bond donors (Lipinski definition) is 3. The van der Waals surface area contributed by atoms with Crippen LogP contribution in [0.3, 0.4) is 0 Å². The third-order valence-electron chi connectivity index (χ3n) is 6.52. The number of rotatable bonds is 9. The van der Waals surface area contributed by atoms with Crippen LogP contribution in [0.5, 0.6) is 0 Å². The average molecular weight is 634 g/mol. The van der Waals surface area contributed by atoms with Crippen molar-refractivity contribution in [3.05, 3.63) is 64.7 Å². The van der Waals surface area contributed by atoms with Gasteiger partial charge in [-0.15, -0.1) is 0 Å². The van der Waals surface area contributed by atoms with Crippen molar-refractivity contribution in [2.24, 2.45) is 4.99 Å². The molecule has 3 N–H and O–H groups in total. The molecule has 1 heterocycles. The molecule has 4 amide bonds. The van der Waals surface area contributed by atoms with E-state index in [0.717, 1.165) is 12.8 Å². The molecule has 0 saturated carbocycles. The second kappa shape index (κ2) is 15.6. The fourth-order valence-electron chi connectivity index (χ4n) is 4.67. The van der Waals surface area contributed by atoms with Crippen molar-refractivity contribution in [3.8, 4) is 0 Å². The molecule has 0 unspecified atom stereocenters. The van der Waals surface area contributed by atoms with Crippen molar-refractivity contribution in [2.45, 2.75) is 92.4 Å². The molecule has 0 saturated heterocycles. The lowest BCUT2D eigenvalue weighted by Gasteiger charge is -2.23. The molecule has 2 aromatic rings. The number of aliphatic imine (C=N–C) groups is 1. The number of alkyl carbamates (subject to hydrolysis) is 2. The molecule has 0 spiro atoms. The summed E-state index contributed by atoms with van der Waals surface area (Å²) in [6, 6.07) is 12.1. The summed E-state index contributed by atoms with van der Waals surface area (Å²) in [4.78, 5) is 58.5.